The zero-order chi connectivity index (χ0) is 12.5. The molecule has 0 amide bonds. The Bertz CT molecular complexity index is 712. The summed E-state index contributed by atoms with van der Waals surface area (Å²) >= 11 is 0. The molecule has 0 fully saturated rings. The van der Waals surface area contributed by atoms with Crippen LogP contribution in [-0.2, 0) is 6.54 Å². The van der Waals surface area contributed by atoms with E-state index in [1.165, 1.54) is 0 Å². The molecule has 0 saturated heterocycles. The number of hydrogen-bond acceptors (Lipinski definition) is 4. The molecule has 0 unspecified atom stereocenters. The first-order valence-corrected chi connectivity index (χ1v) is 5.59. The zero-order valence-corrected chi connectivity index (χ0v) is 9.83. The monoisotopic (exact) mass is 241 g/mol. The molecule has 1 aromatic carbocycles. The van der Waals surface area contributed by atoms with E-state index in [9.17, 15) is 4.79 Å². The van der Waals surface area contributed by atoms with Crippen LogP contribution in [0.15, 0.2) is 34.9 Å². The van der Waals surface area contributed by atoms with E-state index < -0.39 is 0 Å². The van der Waals surface area contributed by atoms with Crippen molar-refractivity contribution < 1.29 is 9.21 Å². The Labute approximate surface area is 103 Å². The van der Waals surface area contributed by atoms with Gasteiger partial charge in [0.25, 0.3) is 0 Å². The van der Waals surface area contributed by atoms with Crippen LogP contribution in [0, 0.1) is 6.92 Å². The Hall–Kier alpha value is -2.43. The third-order valence-corrected chi connectivity index (χ3v) is 2.81. The lowest BCUT2D eigenvalue weighted by Gasteiger charge is -2.02. The van der Waals surface area contributed by atoms with Gasteiger partial charge in [-0.05, 0) is 17.5 Å². The highest BCUT2D eigenvalue weighted by Gasteiger charge is 2.07. The van der Waals surface area contributed by atoms with Crippen molar-refractivity contribution in [1.82, 2.24) is 14.8 Å². The van der Waals surface area contributed by atoms with Gasteiger partial charge in [0.2, 0.25) is 11.8 Å². The van der Waals surface area contributed by atoms with Gasteiger partial charge < -0.3 is 8.98 Å². The van der Waals surface area contributed by atoms with Crippen molar-refractivity contribution in [2.24, 2.45) is 0 Å². The maximum Gasteiger partial charge on any atom is 0.236 e. The van der Waals surface area contributed by atoms with E-state index >= 15 is 0 Å². The fraction of sp³-hybridized carbons (Fsp3) is 0.154. The second-order valence-corrected chi connectivity index (χ2v) is 4.09. The molecule has 0 saturated carbocycles. The van der Waals surface area contributed by atoms with Gasteiger partial charge >= 0.3 is 0 Å². The Morgan fingerprint density at radius 3 is 2.94 bits per heavy atom. The second-order valence-electron chi connectivity index (χ2n) is 4.09. The van der Waals surface area contributed by atoms with Gasteiger partial charge in [0.1, 0.15) is 12.8 Å². The molecule has 2 heterocycles. The molecule has 0 radical (unpaired) electrons. The smallest absolute Gasteiger partial charge is 0.236 e. The average molecular weight is 241 g/mol. The van der Waals surface area contributed by atoms with E-state index in [0.29, 0.717) is 23.9 Å². The molecule has 0 aliphatic carbocycles. The van der Waals surface area contributed by atoms with Crippen LogP contribution in [0.3, 0.4) is 0 Å². The van der Waals surface area contributed by atoms with E-state index in [2.05, 4.69) is 10.2 Å². The third kappa shape index (κ3) is 1.79. The van der Waals surface area contributed by atoms with Crippen LogP contribution < -0.4 is 0 Å². The highest BCUT2D eigenvalue weighted by molar-refractivity contribution is 5.87. The summed E-state index contributed by atoms with van der Waals surface area (Å²) in [6.07, 6.45) is 2.78. The number of aldehydes is 1. The third-order valence-electron chi connectivity index (χ3n) is 2.81. The molecular weight excluding hydrogens is 230 g/mol. The van der Waals surface area contributed by atoms with Crippen LogP contribution >= 0.6 is 0 Å². The number of fused-ring (bicyclic) bond motifs is 1. The molecule has 3 aromatic rings. The molecule has 3 rings (SSSR count). The Kier molecular flexibility index (Phi) is 2.44. The molecule has 5 nitrogen and oxygen atoms in total. The Balaban J connectivity index is 2.03. The topological polar surface area (TPSA) is 60.9 Å². The maximum absolute atomic E-state index is 10.8. The molecule has 18 heavy (non-hydrogen) atoms. The summed E-state index contributed by atoms with van der Waals surface area (Å²) in [6.45, 7) is 2.27. The largest absolute Gasteiger partial charge is 0.424 e. The van der Waals surface area contributed by atoms with Gasteiger partial charge in [-0.3, -0.25) is 4.79 Å². The van der Waals surface area contributed by atoms with E-state index in [1.807, 2.05) is 29.0 Å². The minimum atomic E-state index is 0.507. The predicted octanol–water partition coefficient (Wildman–Crippen LogP) is 2.19. The van der Waals surface area contributed by atoms with E-state index in [0.717, 1.165) is 17.2 Å². The molecule has 0 aliphatic rings. The quantitative estimate of drug-likeness (QED) is 0.659. The minimum absolute atomic E-state index is 0.507. The number of benzene rings is 1. The molecule has 0 spiro atoms. The first kappa shape index (κ1) is 10.7. The molecule has 0 bridgehead atoms. The van der Waals surface area contributed by atoms with E-state index in [4.69, 9.17) is 4.42 Å². The van der Waals surface area contributed by atoms with Crippen molar-refractivity contribution in [3.63, 3.8) is 0 Å². The number of nitrogens with zero attached hydrogens (tertiary/aromatic N) is 3. The number of carbonyl (C=O) groups is 1. The molecule has 0 atom stereocenters. The van der Waals surface area contributed by atoms with Gasteiger partial charge in [-0.15, -0.1) is 10.2 Å². The lowest BCUT2D eigenvalue weighted by atomic mass is 10.2. The first-order valence-electron chi connectivity index (χ1n) is 5.59. The summed E-state index contributed by atoms with van der Waals surface area (Å²) in [5.41, 5.74) is 1.64. The number of hydrogen-bond donors (Lipinski definition) is 0. The first-order chi connectivity index (χ1) is 8.76. The molecular formula is C13H11N3O2. The van der Waals surface area contributed by atoms with Crippen LogP contribution in [0.4, 0.5) is 0 Å². The van der Waals surface area contributed by atoms with Gasteiger partial charge in [0, 0.05) is 24.2 Å². The number of aryl methyl sites for hydroxylation is 1. The van der Waals surface area contributed by atoms with Crippen LogP contribution in [0.2, 0.25) is 0 Å². The number of aromatic nitrogens is 3. The van der Waals surface area contributed by atoms with Gasteiger partial charge in [0.05, 0.1) is 0 Å². The summed E-state index contributed by atoms with van der Waals surface area (Å²) < 4.78 is 7.33. The lowest BCUT2D eigenvalue weighted by Crippen LogP contribution is -1.98. The van der Waals surface area contributed by atoms with Gasteiger partial charge in [-0.25, -0.2) is 0 Å². The summed E-state index contributed by atoms with van der Waals surface area (Å²) in [7, 11) is 0. The number of rotatable bonds is 3. The highest BCUT2D eigenvalue weighted by Crippen LogP contribution is 2.18. The van der Waals surface area contributed by atoms with Crippen LogP contribution in [0.1, 0.15) is 22.1 Å². The number of carbonyl (C=O) groups excluding carboxylic acids is 1. The van der Waals surface area contributed by atoms with Gasteiger partial charge in [0.15, 0.2) is 0 Å². The predicted molar refractivity (Wildman–Crippen MR) is 65.5 cm³/mol. The Morgan fingerprint density at radius 1 is 1.33 bits per heavy atom. The van der Waals surface area contributed by atoms with Crippen molar-refractivity contribution in [1.29, 1.82) is 0 Å². The summed E-state index contributed by atoms with van der Waals surface area (Å²) in [5.74, 6) is 1.11. The van der Waals surface area contributed by atoms with Crippen molar-refractivity contribution >= 4 is 17.2 Å². The highest BCUT2D eigenvalue weighted by atomic mass is 16.4. The zero-order valence-electron chi connectivity index (χ0n) is 9.83. The van der Waals surface area contributed by atoms with Crippen molar-refractivity contribution in [3.05, 3.63) is 47.8 Å². The molecule has 5 heteroatoms. The van der Waals surface area contributed by atoms with Crippen molar-refractivity contribution in [2.45, 2.75) is 13.5 Å². The fourth-order valence-electron chi connectivity index (χ4n) is 1.96. The van der Waals surface area contributed by atoms with Gasteiger partial charge in [-0.1, -0.05) is 12.1 Å². The second kappa shape index (κ2) is 4.10. The normalized spacial score (nSPS) is 10.9. The summed E-state index contributed by atoms with van der Waals surface area (Å²) in [5, 5.41) is 8.84. The molecule has 2 aromatic heterocycles. The lowest BCUT2D eigenvalue weighted by molar-refractivity contribution is 0.112. The van der Waals surface area contributed by atoms with Crippen LogP contribution in [-0.4, -0.2) is 21.1 Å². The molecule has 90 valence electrons. The van der Waals surface area contributed by atoms with Crippen molar-refractivity contribution in [2.75, 3.05) is 0 Å². The summed E-state index contributed by atoms with van der Waals surface area (Å²) in [4.78, 5) is 10.8. The van der Waals surface area contributed by atoms with Crippen molar-refractivity contribution in [3.8, 4) is 0 Å². The van der Waals surface area contributed by atoms with Gasteiger partial charge in [-0.2, -0.15) is 0 Å². The van der Waals surface area contributed by atoms with Crippen LogP contribution in [0.25, 0.3) is 10.9 Å². The SMILES string of the molecule is Cc1nnc(Cn2ccc3ccc(C=O)cc32)o1. The molecule has 0 aliphatic heterocycles. The molecule has 0 N–H and O–H groups in total. The standard InChI is InChI=1S/C13H11N3O2/c1-9-14-15-13(18-9)7-16-5-4-11-3-2-10(8-17)6-12(11)16/h2-6,8H,7H2,1H3. The van der Waals surface area contributed by atoms with E-state index in [-0.39, 0.29) is 0 Å². The minimum Gasteiger partial charge on any atom is -0.424 e. The fourth-order valence-corrected chi connectivity index (χ4v) is 1.96. The maximum atomic E-state index is 10.8. The van der Waals surface area contributed by atoms with E-state index in [1.54, 1.807) is 13.0 Å². The Morgan fingerprint density at radius 2 is 2.22 bits per heavy atom. The summed E-state index contributed by atoms with van der Waals surface area (Å²) in [6, 6.07) is 7.57. The van der Waals surface area contributed by atoms with Crippen LogP contribution in [0.5, 0.6) is 0 Å². The average Bonchev–Trinajstić information content (AvgIpc) is 2.96.